The molecule has 0 saturated carbocycles. The van der Waals surface area contributed by atoms with E-state index in [9.17, 15) is 9.59 Å². The van der Waals surface area contributed by atoms with Crippen molar-refractivity contribution in [2.24, 2.45) is 5.73 Å². The lowest BCUT2D eigenvalue weighted by Crippen LogP contribution is -2.19. The summed E-state index contributed by atoms with van der Waals surface area (Å²) < 4.78 is 5.04. The Balaban J connectivity index is 2.17. The summed E-state index contributed by atoms with van der Waals surface area (Å²) in [5, 5.41) is 5.45. The molecule has 4 N–H and O–H groups in total. The molecule has 2 aromatic rings. The molecule has 0 fully saturated rings. The molecule has 0 atom stereocenters. The average Bonchev–Trinajstić information content (AvgIpc) is 2.48. The van der Waals surface area contributed by atoms with Gasteiger partial charge in [0.25, 0.3) is 5.91 Å². The maximum absolute atomic E-state index is 12.2. The van der Waals surface area contributed by atoms with E-state index in [1.54, 1.807) is 36.4 Å². The van der Waals surface area contributed by atoms with Gasteiger partial charge >= 0.3 is 6.03 Å². The summed E-state index contributed by atoms with van der Waals surface area (Å²) in [6.45, 7) is 0. The molecule has 0 spiro atoms. The minimum Gasteiger partial charge on any atom is -0.497 e. The molecule has 0 bridgehead atoms. The highest BCUT2D eigenvalue weighted by Gasteiger charge is 2.10. The van der Waals surface area contributed by atoms with Crippen molar-refractivity contribution in [3.63, 3.8) is 0 Å². The number of ether oxygens (including phenoxy) is 1. The van der Waals surface area contributed by atoms with Crippen molar-refractivity contribution < 1.29 is 14.3 Å². The van der Waals surface area contributed by atoms with Gasteiger partial charge in [-0.15, -0.1) is 0 Å². The lowest BCUT2D eigenvalue weighted by molar-refractivity contribution is 0.102. The third kappa shape index (κ3) is 3.89. The number of urea groups is 1. The Bertz CT molecular complexity index is 719. The van der Waals surface area contributed by atoms with Gasteiger partial charge in [-0.05, 0) is 30.3 Å². The van der Waals surface area contributed by atoms with E-state index in [0.717, 1.165) is 0 Å². The fourth-order valence-electron chi connectivity index (χ4n) is 1.80. The summed E-state index contributed by atoms with van der Waals surface area (Å²) in [7, 11) is 1.53. The molecule has 0 radical (unpaired) electrons. The number of carbonyl (C=O) groups excluding carboxylic acids is 2. The Morgan fingerprint density at radius 2 is 1.91 bits per heavy atom. The van der Waals surface area contributed by atoms with Gasteiger partial charge in [-0.1, -0.05) is 17.7 Å². The van der Waals surface area contributed by atoms with Crippen LogP contribution in [-0.2, 0) is 0 Å². The van der Waals surface area contributed by atoms with Crippen LogP contribution < -0.4 is 21.1 Å². The molecule has 2 rings (SSSR count). The van der Waals surface area contributed by atoms with Crippen LogP contribution in [0.15, 0.2) is 42.5 Å². The first-order chi connectivity index (χ1) is 10.5. The zero-order chi connectivity index (χ0) is 16.1. The summed E-state index contributed by atoms with van der Waals surface area (Å²) in [4.78, 5) is 23.0. The number of carbonyl (C=O) groups is 2. The van der Waals surface area contributed by atoms with Gasteiger partial charge in [0.15, 0.2) is 0 Å². The van der Waals surface area contributed by atoms with Crippen LogP contribution in [-0.4, -0.2) is 19.0 Å². The summed E-state index contributed by atoms with van der Waals surface area (Å²) in [5.41, 5.74) is 6.29. The van der Waals surface area contributed by atoms with Crippen molar-refractivity contribution in [1.82, 2.24) is 0 Å². The highest BCUT2D eigenvalue weighted by Crippen LogP contribution is 2.27. The standard InChI is InChI=1S/C15H14ClN3O3/c1-22-11-5-6-13(12(16)8-11)19-14(20)9-3-2-4-10(7-9)18-15(17)21/h2-8H,1H3,(H,19,20)(H3,17,18,21). The van der Waals surface area contributed by atoms with Crippen molar-refractivity contribution in [2.75, 3.05) is 17.7 Å². The second-order valence-electron chi connectivity index (χ2n) is 4.37. The first-order valence-corrected chi connectivity index (χ1v) is 6.69. The molecule has 0 aromatic heterocycles. The predicted octanol–water partition coefficient (Wildman–Crippen LogP) is 3.09. The molecule has 0 saturated heterocycles. The normalized spacial score (nSPS) is 9.91. The van der Waals surface area contributed by atoms with Crippen LogP contribution in [0.5, 0.6) is 5.75 Å². The molecule has 114 valence electrons. The summed E-state index contributed by atoms with van der Waals surface area (Å²) >= 11 is 6.07. The molecule has 0 unspecified atom stereocenters. The summed E-state index contributed by atoms with van der Waals surface area (Å²) in [6, 6.07) is 10.6. The number of nitrogens with one attached hydrogen (secondary N) is 2. The number of amides is 3. The minimum absolute atomic E-state index is 0.359. The number of primary amides is 1. The number of benzene rings is 2. The van der Waals surface area contributed by atoms with E-state index in [-0.39, 0.29) is 5.91 Å². The highest BCUT2D eigenvalue weighted by atomic mass is 35.5. The zero-order valence-corrected chi connectivity index (χ0v) is 12.5. The van der Waals surface area contributed by atoms with Crippen LogP contribution in [0.25, 0.3) is 0 Å². The molecule has 7 heteroatoms. The van der Waals surface area contributed by atoms with E-state index in [0.29, 0.717) is 27.7 Å². The van der Waals surface area contributed by atoms with Crippen LogP contribution in [0.4, 0.5) is 16.2 Å². The highest BCUT2D eigenvalue weighted by molar-refractivity contribution is 6.34. The molecule has 6 nitrogen and oxygen atoms in total. The summed E-state index contributed by atoms with van der Waals surface area (Å²) in [6.07, 6.45) is 0. The fraction of sp³-hybridized carbons (Fsp3) is 0.0667. The molecule has 3 amide bonds. The van der Waals surface area contributed by atoms with Crippen LogP contribution in [0.1, 0.15) is 10.4 Å². The van der Waals surface area contributed by atoms with Crippen molar-refractivity contribution in [3.05, 3.63) is 53.1 Å². The molecule has 0 aliphatic carbocycles. The Morgan fingerprint density at radius 1 is 1.14 bits per heavy atom. The quantitative estimate of drug-likeness (QED) is 0.808. The van der Waals surface area contributed by atoms with E-state index in [4.69, 9.17) is 22.1 Å². The van der Waals surface area contributed by atoms with Gasteiger partial charge in [-0.25, -0.2) is 4.79 Å². The van der Waals surface area contributed by atoms with E-state index < -0.39 is 6.03 Å². The Hall–Kier alpha value is -2.73. The van der Waals surface area contributed by atoms with Crippen LogP contribution in [0.2, 0.25) is 5.02 Å². The first kappa shape index (κ1) is 15.7. The number of hydrogen-bond acceptors (Lipinski definition) is 3. The van der Waals surface area contributed by atoms with Gasteiger partial charge in [0, 0.05) is 17.3 Å². The summed E-state index contributed by atoms with van der Waals surface area (Å²) in [5.74, 6) is 0.232. The first-order valence-electron chi connectivity index (χ1n) is 6.31. The predicted molar refractivity (Wildman–Crippen MR) is 85.6 cm³/mol. The van der Waals surface area contributed by atoms with Gasteiger partial charge in [0.05, 0.1) is 17.8 Å². The number of methoxy groups -OCH3 is 1. The second kappa shape index (κ2) is 6.82. The topological polar surface area (TPSA) is 93.4 Å². The molecule has 22 heavy (non-hydrogen) atoms. The smallest absolute Gasteiger partial charge is 0.316 e. The fourth-order valence-corrected chi connectivity index (χ4v) is 2.02. The van der Waals surface area contributed by atoms with E-state index in [1.165, 1.54) is 13.2 Å². The molecular formula is C15H14ClN3O3. The van der Waals surface area contributed by atoms with Gasteiger partial charge in [-0.2, -0.15) is 0 Å². The van der Waals surface area contributed by atoms with Crippen LogP contribution in [0.3, 0.4) is 0 Å². The lowest BCUT2D eigenvalue weighted by atomic mass is 10.2. The number of halogens is 1. The minimum atomic E-state index is -0.698. The van der Waals surface area contributed by atoms with Gasteiger partial charge < -0.3 is 21.1 Å². The zero-order valence-electron chi connectivity index (χ0n) is 11.7. The maximum Gasteiger partial charge on any atom is 0.316 e. The number of anilines is 2. The Kier molecular flexibility index (Phi) is 4.85. The van der Waals surface area contributed by atoms with Gasteiger partial charge in [0.1, 0.15) is 5.75 Å². The molecule has 0 aliphatic rings. The van der Waals surface area contributed by atoms with Crippen LogP contribution in [0, 0.1) is 0 Å². The van der Waals surface area contributed by atoms with E-state index in [1.807, 2.05) is 0 Å². The number of nitrogens with two attached hydrogens (primary N) is 1. The van der Waals surface area contributed by atoms with Crippen molar-refractivity contribution in [2.45, 2.75) is 0 Å². The SMILES string of the molecule is COc1ccc(NC(=O)c2cccc(NC(N)=O)c2)c(Cl)c1. The molecule has 2 aromatic carbocycles. The maximum atomic E-state index is 12.2. The monoisotopic (exact) mass is 319 g/mol. The largest absolute Gasteiger partial charge is 0.497 e. The average molecular weight is 320 g/mol. The molecule has 0 aliphatic heterocycles. The van der Waals surface area contributed by atoms with E-state index in [2.05, 4.69) is 10.6 Å². The van der Waals surface area contributed by atoms with Crippen molar-refractivity contribution >= 4 is 34.9 Å². The lowest BCUT2D eigenvalue weighted by Gasteiger charge is -2.09. The Morgan fingerprint density at radius 3 is 2.55 bits per heavy atom. The van der Waals surface area contributed by atoms with Gasteiger partial charge in [0.2, 0.25) is 0 Å². The third-order valence-electron chi connectivity index (χ3n) is 2.82. The number of hydrogen-bond donors (Lipinski definition) is 3. The van der Waals surface area contributed by atoms with Crippen LogP contribution >= 0.6 is 11.6 Å². The molecular weight excluding hydrogens is 306 g/mol. The number of rotatable bonds is 4. The van der Waals surface area contributed by atoms with Crippen molar-refractivity contribution in [3.8, 4) is 5.75 Å². The Labute approximate surface area is 132 Å². The third-order valence-corrected chi connectivity index (χ3v) is 3.13. The second-order valence-corrected chi connectivity index (χ2v) is 4.78. The van der Waals surface area contributed by atoms with Crippen molar-refractivity contribution in [1.29, 1.82) is 0 Å². The molecule has 0 heterocycles. The van der Waals surface area contributed by atoms with Gasteiger partial charge in [-0.3, -0.25) is 4.79 Å². The van der Waals surface area contributed by atoms with E-state index >= 15 is 0 Å².